The van der Waals surface area contributed by atoms with E-state index >= 15 is 0 Å². The van der Waals surface area contributed by atoms with Gasteiger partial charge in [0.05, 0.1) is 0 Å². The number of rotatable bonds is 3. The normalized spacial score (nSPS) is 15.6. The lowest BCUT2D eigenvalue weighted by atomic mass is 10.2. The third-order valence-electron chi connectivity index (χ3n) is 3.81. The number of amides is 1. The molecule has 128 valence electrons. The molecule has 0 aliphatic carbocycles. The molecular formula is C15H16F3N5O. The zero-order chi connectivity index (χ0) is 17.2. The SMILES string of the molecule is O=C(CC(F)(F)F)N1CCN(c2ccc(-n3cccc3)nn2)CC1. The van der Waals surface area contributed by atoms with Gasteiger partial charge in [0.1, 0.15) is 6.42 Å². The van der Waals surface area contributed by atoms with Crippen molar-refractivity contribution in [3.8, 4) is 5.82 Å². The van der Waals surface area contributed by atoms with Crippen LogP contribution in [0.3, 0.4) is 0 Å². The molecule has 1 aliphatic heterocycles. The summed E-state index contributed by atoms with van der Waals surface area (Å²) in [6.07, 6.45) is -2.16. The van der Waals surface area contributed by atoms with Crippen LogP contribution in [0.25, 0.3) is 5.82 Å². The first kappa shape index (κ1) is 16.3. The minimum atomic E-state index is -4.46. The molecule has 0 bridgehead atoms. The summed E-state index contributed by atoms with van der Waals surface area (Å²) in [6.45, 7) is 1.36. The third kappa shape index (κ3) is 3.84. The van der Waals surface area contributed by atoms with E-state index in [1.54, 1.807) is 0 Å². The fraction of sp³-hybridized carbons (Fsp3) is 0.400. The fourth-order valence-corrected chi connectivity index (χ4v) is 2.58. The smallest absolute Gasteiger partial charge is 0.352 e. The Balaban J connectivity index is 1.58. The van der Waals surface area contributed by atoms with Crippen molar-refractivity contribution >= 4 is 11.7 Å². The van der Waals surface area contributed by atoms with Crippen molar-refractivity contribution in [2.45, 2.75) is 12.6 Å². The molecule has 0 aromatic carbocycles. The number of halogens is 3. The molecule has 0 radical (unpaired) electrons. The van der Waals surface area contributed by atoms with Gasteiger partial charge in [-0.3, -0.25) is 4.79 Å². The van der Waals surface area contributed by atoms with Crippen molar-refractivity contribution in [2.75, 3.05) is 31.1 Å². The van der Waals surface area contributed by atoms with Crippen molar-refractivity contribution in [3.05, 3.63) is 36.7 Å². The average Bonchev–Trinajstić information content (AvgIpc) is 3.08. The van der Waals surface area contributed by atoms with Crippen LogP contribution in [-0.4, -0.2) is 57.9 Å². The van der Waals surface area contributed by atoms with Gasteiger partial charge >= 0.3 is 6.18 Å². The summed E-state index contributed by atoms with van der Waals surface area (Å²) in [6, 6.07) is 7.40. The van der Waals surface area contributed by atoms with Gasteiger partial charge in [-0.25, -0.2) is 0 Å². The lowest BCUT2D eigenvalue weighted by Crippen LogP contribution is -2.49. The first-order chi connectivity index (χ1) is 11.4. The largest absolute Gasteiger partial charge is 0.397 e. The van der Waals surface area contributed by atoms with Gasteiger partial charge < -0.3 is 14.4 Å². The second-order valence-electron chi connectivity index (χ2n) is 5.50. The topological polar surface area (TPSA) is 54.3 Å². The second-order valence-corrected chi connectivity index (χ2v) is 5.50. The number of nitrogens with zero attached hydrogens (tertiary/aromatic N) is 5. The molecule has 24 heavy (non-hydrogen) atoms. The highest BCUT2D eigenvalue weighted by Gasteiger charge is 2.34. The maximum absolute atomic E-state index is 12.3. The molecule has 1 amide bonds. The summed E-state index contributed by atoms with van der Waals surface area (Å²) in [7, 11) is 0. The van der Waals surface area contributed by atoms with E-state index in [1.165, 1.54) is 4.90 Å². The van der Waals surface area contributed by atoms with Crippen LogP contribution in [0.15, 0.2) is 36.7 Å². The summed E-state index contributed by atoms with van der Waals surface area (Å²) < 4.78 is 38.7. The zero-order valence-electron chi connectivity index (χ0n) is 12.8. The first-order valence-corrected chi connectivity index (χ1v) is 7.49. The van der Waals surface area contributed by atoms with Gasteiger partial charge in [-0.15, -0.1) is 10.2 Å². The van der Waals surface area contributed by atoms with E-state index in [-0.39, 0.29) is 13.1 Å². The van der Waals surface area contributed by atoms with Gasteiger partial charge in [0.25, 0.3) is 0 Å². The molecule has 3 heterocycles. The third-order valence-corrected chi connectivity index (χ3v) is 3.81. The highest BCUT2D eigenvalue weighted by molar-refractivity contribution is 5.77. The molecule has 1 saturated heterocycles. The predicted molar refractivity (Wildman–Crippen MR) is 80.8 cm³/mol. The number of aromatic nitrogens is 3. The van der Waals surface area contributed by atoms with Gasteiger partial charge in [-0.1, -0.05) is 0 Å². The monoisotopic (exact) mass is 339 g/mol. The molecule has 2 aromatic heterocycles. The summed E-state index contributed by atoms with van der Waals surface area (Å²) in [5.41, 5.74) is 0. The number of alkyl halides is 3. The van der Waals surface area contributed by atoms with E-state index in [0.717, 1.165) is 0 Å². The maximum atomic E-state index is 12.3. The fourth-order valence-electron chi connectivity index (χ4n) is 2.58. The van der Waals surface area contributed by atoms with Crippen LogP contribution in [0.2, 0.25) is 0 Å². The maximum Gasteiger partial charge on any atom is 0.397 e. The lowest BCUT2D eigenvalue weighted by molar-refractivity contribution is -0.161. The Bertz CT molecular complexity index is 676. The van der Waals surface area contributed by atoms with E-state index < -0.39 is 18.5 Å². The van der Waals surface area contributed by atoms with Crippen LogP contribution in [-0.2, 0) is 4.79 Å². The van der Waals surface area contributed by atoms with Gasteiger partial charge in [-0.05, 0) is 24.3 Å². The van der Waals surface area contributed by atoms with Crippen molar-refractivity contribution in [2.24, 2.45) is 0 Å². The van der Waals surface area contributed by atoms with E-state index in [9.17, 15) is 18.0 Å². The minimum Gasteiger partial charge on any atom is -0.352 e. The molecule has 0 unspecified atom stereocenters. The lowest BCUT2D eigenvalue weighted by Gasteiger charge is -2.35. The van der Waals surface area contributed by atoms with Crippen LogP contribution >= 0.6 is 0 Å². The number of carbonyl (C=O) groups excluding carboxylic acids is 1. The Kier molecular flexibility index (Phi) is 4.41. The Labute approximate surface area is 136 Å². The minimum absolute atomic E-state index is 0.246. The molecule has 0 atom stereocenters. The van der Waals surface area contributed by atoms with Gasteiger partial charge in [-0.2, -0.15) is 13.2 Å². The summed E-state index contributed by atoms with van der Waals surface area (Å²) in [4.78, 5) is 14.7. The second kappa shape index (κ2) is 6.50. The Morgan fingerprint density at radius 1 is 1.00 bits per heavy atom. The Hall–Kier alpha value is -2.58. The average molecular weight is 339 g/mol. The predicted octanol–water partition coefficient (Wildman–Crippen LogP) is 1.87. The molecule has 2 aromatic rings. The Morgan fingerprint density at radius 3 is 2.12 bits per heavy atom. The number of carbonyl (C=O) groups is 1. The molecular weight excluding hydrogens is 323 g/mol. The first-order valence-electron chi connectivity index (χ1n) is 7.49. The number of hydrogen-bond donors (Lipinski definition) is 0. The standard InChI is InChI=1S/C15H16F3N5O/c16-15(17,18)11-14(24)23-9-7-22(8-10-23)13-4-3-12(19-20-13)21-5-1-2-6-21/h1-6H,7-11H2. The summed E-state index contributed by atoms with van der Waals surface area (Å²) in [5, 5.41) is 8.30. The molecule has 3 rings (SSSR count). The molecule has 0 spiro atoms. The molecule has 9 heteroatoms. The van der Waals surface area contributed by atoms with E-state index in [2.05, 4.69) is 10.2 Å². The van der Waals surface area contributed by atoms with Crippen LogP contribution in [0.1, 0.15) is 6.42 Å². The van der Waals surface area contributed by atoms with Crippen LogP contribution in [0.4, 0.5) is 19.0 Å². The van der Waals surface area contributed by atoms with Crippen molar-refractivity contribution in [1.82, 2.24) is 19.7 Å². The quantitative estimate of drug-likeness (QED) is 0.857. The molecule has 1 aliphatic rings. The van der Waals surface area contributed by atoms with Crippen molar-refractivity contribution < 1.29 is 18.0 Å². The van der Waals surface area contributed by atoms with Crippen LogP contribution in [0.5, 0.6) is 0 Å². The van der Waals surface area contributed by atoms with Gasteiger partial charge in [0, 0.05) is 38.6 Å². The summed E-state index contributed by atoms with van der Waals surface area (Å²) >= 11 is 0. The van der Waals surface area contributed by atoms with Crippen LogP contribution in [0, 0.1) is 0 Å². The van der Waals surface area contributed by atoms with Crippen molar-refractivity contribution in [3.63, 3.8) is 0 Å². The Morgan fingerprint density at radius 2 is 1.58 bits per heavy atom. The number of hydrogen-bond acceptors (Lipinski definition) is 4. The van der Waals surface area contributed by atoms with E-state index in [1.807, 2.05) is 46.1 Å². The van der Waals surface area contributed by atoms with E-state index in [4.69, 9.17) is 0 Å². The molecule has 6 nitrogen and oxygen atoms in total. The molecule has 0 saturated carbocycles. The molecule has 1 fully saturated rings. The molecule has 0 N–H and O–H groups in total. The van der Waals surface area contributed by atoms with Gasteiger partial charge in [0.2, 0.25) is 5.91 Å². The highest BCUT2D eigenvalue weighted by Crippen LogP contribution is 2.22. The van der Waals surface area contributed by atoms with Crippen LogP contribution < -0.4 is 4.90 Å². The number of piperazine rings is 1. The van der Waals surface area contributed by atoms with E-state index in [0.29, 0.717) is 24.7 Å². The summed E-state index contributed by atoms with van der Waals surface area (Å²) in [5.74, 6) is 0.452. The van der Waals surface area contributed by atoms with Crippen molar-refractivity contribution in [1.29, 1.82) is 0 Å². The highest BCUT2D eigenvalue weighted by atomic mass is 19.4. The van der Waals surface area contributed by atoms with Gasteiger partial charge in [0.15, 0.2) is 11.6 Å². The number of anilines is 1. The zero-order valence-corrected chi connectivity index (χ0v) is 12.8.